The minimum absolute atomic E-state index is 0.0162. The molecule has 2 aromatic rings. The average molecular weight is 358 g/mol. The van der Waals surface area contributed by atoms with Gasteiger partial charge in [-0.05, 0) is 36.8 Å². The number of hydrogen-bond acceptors (Lipinski definition) is 3. The van der Waals surface area contributed by atoms with Crippen molar-refractivity contribution in [2.45, 2.75) is 25.8 Å². The van der Waals surface area contributed by atoms with Crippen LogP contribution >= 0.6 is 22.9 Å². The van der Waals surface area contributed by atoms with E-state index in [1.807, 2.05) is 0 Å². The largest absolute Gasteiger partial charge is 0.350 e. The Morgan fingerprint density at radius 3 is 2.52 bits per heavy atom. The van der Waals surface area contributed by atoms with Gasteiger partial charge in [-0.25, -0.2) is 8.78 Å². The summed E-state index contributed by atoms with van der Waals surface area (Å²) in [5, 5.41) is 2.65. The molecule has 0 saturated heterocycles. The monoisotopic (exact) mass is 357 g/mol. The van der Waals surface area contributed by atoms with Crippen LogP contribution in [0, 0.1) is 11.6 Å². The zero-order chi connectivity index (χ0) is 17.0. The smallest absolute Gasteiger partial charge is 0.220 e. The molecule has 0 radical (unpaired) electrons. The topological polar surface area (TPSA) is 46.2 Å². The first-order valence-electron chi connectivity index (χ1n) is 6.89. The van der Waals surface area contributed by atoms with Crippen LogP contribution in [0.15, 0.2) is 30.3 Å². The lowest BCUT2D eigenvalue weighted by Gasteiger charge is -2.14. The molecule has 7 heteroatoms. The molecular formula is C16H14ClF2NO2S. The molecule has 2 rings (SSSR count). The summed E-state index contributed by atoms with van der Waals surface area (Å²) in [4.78, 5) is 24.3. The summed E-state index contributed by atoms with van der Waals surface area (Å²) < 4.78 is 26.6. The van der Waals surface area contributed by atoms with Gasteiger partial charge < -0.3 is 5.32 Å². The van der Waals surface area contributed by atoms with Gasteiger partial charge in [-0.1, -0.05) is 17.7 Å². The fourth-order valence-electron chi connectivity index (χ4n) is 1.99. The Morgan fingerprint density at radius 1 is 1.17 bits per heavy atom. The van der Waals surface area contributed by atoms with Gasteiger partial charge >= 0.3 is 0 Å². The average Bonchev–Trinajstić information content (AvgIpc) is 2.94. The van der Waals surface area contributed by atoms with Gasteiger partial charge in [-0.2, -0.15) is 0 Å². The molecule has 1 heterocycles. The quantitative estimate of drug-likeness (QED) is 0.772. The second-order valence-corrected chi connectivity index (χ2v) is 6.70. The van der Waals surface area contributed by atoms with Gasteiger partial charge in [-0.3, -0.25) is 9.59 Å². The fraction of sp³-hybridized carbons (Fsp3) is 0.250. The molecular weight excluding hydrogens is 344 g/mol. The van der Waals surface area contributed by atoms with Crippen molar-refractivity contribution in [1.82, 2.24) is 5.32 Å². The number of benzene rings is 1. The lowest BCUT2D eigenvalue weighted by molar-refractivity contribution is -0.121. The Balaban J connectivity index is 1.86. The molecule has 0 saturated carbocycles. The summed E-state index contributed by atoms with van der Waals surface area (Å²) in [6.45, 7) is 1.66. The highest BCUT2D eigenvalue weighted by Crippen LogP contribution is 2.23. The number of hydrogen-bond donors (Lipinski definition) is 1. The molecule has 0 aliphatic carbocycles. The number of amides is 1. The first-order chi connectivity index (χ1) is 10.9. The van der Waals surface area contributed by atoms with Crippen LogP contribution in [-0.2, 0) is 4.79 Å². The van der Waals surface area contributed by atoms with Gasteiger partial charge in [0, 0.05) is 12.8 Å². The van der Waals surface area contributed by atoms with E-state index < -0.39 is 17.7 Å². The van der Waals surface area contributed by atoms with Gasteiger partial charge in [0.1, 0.15) is 0 Å². The zero-order valence-electron chi connectivity index (χ0n) is 12.2. The number of carbonyl (C=O) groups is 2. The Bertz CT molecular complexity index is 733. The van der Waals surface area contributed by atoms with E-state index in [1.165, 1.54) is 17.4 Å². The standard InChI is InChI=1S/C16H14ClF2NO2S/c1-9(10-2-3-11(18)12(19)8-10)20-16(22)7-4-13(21)14-5-6-15(17)23-14/h2-3,5-6,8-9H,4,7H2,1H3,(H,20,22). The fourth-order valence-corrected chi connectivity index (χ4v) is 3.00. The third kappa shape index (κ3) is 4.84. The normalized spacial score (nSPS) is 12.0. The van der Waals surface area contributed by atoms with E-state index in [0.29, 0.717) is 14.8 Å². The molecule has 0 aliphatic heterocycles. The Kier molecular flexibility index (Phi) is 5.85. The van der Waals surface area contributed by atoms with Crippen molar-refractivity contribution in [2.24, 2.45) is 0 Å². The Morgan fingerprint density at radius 2 is 1.91 bits per heavy atom. The van der Waals surface area contributed by atoms with E-state index in [0.717, 1.165) is 12.1 Å². The molecule has 1 unspecified atom stereocenters. The molecule has 0 aliphatic rings. The minimum Gasteiger partial charge on any atom is -0.350 e. The van der Waals surface area contributed by atoms with Crippen LogP contribution in [0.5, 0.6) is 0 Å². The SMILES string of the molecule is CC(NC(=O)CCC(=O)c1ccc(Cl)s1)c1ccc(F)c(F)c1. The third-order valence-corrected chi connectivity index (χ3v) is 4.52. The molecule has 1 amide bonds. The van der Waals surface area contributed by atoms with Crippen LogP contribution in [-0.4, -0.2) is 11.7 Å². The molecule has 3 nitrogen and oxygen atoms in total. The molecule has 1 N–H and O–H groups in total. The molecule has 1 aromatic heterocycles. The summed E-state index contributed by atoms with van der Waals surface area (Å²) >= 11 is 6.93. The highest BCUT2D eigenvalue weighted by molar-refractivity contribution is 7.18. The van der Waals surface area contributed by atoms with Crippen LogP contribution in [0.4, 0.5) is 8.78 Å². The predicted molar refractivity (Wildman–Crippen MR) is 85.8 cm³/mol. The van der Waals surface area contributed by atoms with Crippen LogP contribution in [0.1, 0.15) is 41.0 Å². The van der Waals surface area contributed by atoms with E-state index in [-0.39, 0.29) is 24.5 Å². The molecule has 1 aromatic carbocycles. The number of nitrogens with one attached hydrogen (secondary N) is 1. The van der Waals surface area contributed by atoms with Crippen molar-refractivity contribution < 1.29 is 18.4 Å². The summed E-state index contributed by atoms with van der Waals surface area (Å²) in [6.07, 6.45) is 0.0789. The van der Waals surface area contributed by atoms with Gasteiger partial charge in [0.2, 0.25) is 5.91 Å². The maximum atomic E-state index is 13.2. The lowest BCUT2D eigenvalue weighted by atomic mass is 10.1. The van der Waals surface area contributed by atoms with Crippen molar-refractivity contribution in [3.8, 4) is 0 Å². The summed E-state index contributed by atoms with van der Waals surface area (Å²) in [7, 11) is 0. The highest BCUT2D eigenvalue weighted by Gasteiger charge is 2.15. The molecule has 122 valence electrons. The molecule has 0 bridgehead atoms. The maximum absolute atomic E-state index is 13.2. The van der Waals surface area contributed by atoms with Crippen molar-refractivity contribution in [3.63, 3.8) is 0 Å². The Hall–Kier alpha value is -1.79. The molecule has 1 atom stereocenters. The summed E-state index contributed by atoms with van der Waals surface area (Å²) in [5.41, 5.74) is 0.452. The molecule has 0 fully saturated rings. The van der Waals surface area contributed by atoms with Gasteiger partial charge in [-0.15, -0.1) is 11.3 Å². The van der Waals surface area contributed by atoms with Crippen molar-refractivity contribution in [3.05, 3.63) is 56.7 Å². The number of carbonyl (C=O) groups excluding carboxylic acids is 2. The van der Waals surface area contributed by atoms with Crippen LogP contribution in [0.2, 0.25) is 4.34 Å². The minimum atomic E-state index is -0.964. The molecule has 23 heavy (non-hydrogen) atoms. The van der Waals surface area contributed by atoms with Crippen LogP contribution < -0.4 is 5.32 Å². The van der Waals surface area contributed by atoms with Crippen molar-refractivity contribution in [2.75, 3.05) is 0 Å². The maximum Gasteiger partial charge on any atom is 0.220 e. The first kappa shape index (κ1) is 17.6. The van der Waals surface area contributed by atoms with Crippen molar-refractivity contribution in [1.29, 1.82) is 0 Å². The van der Waals surface area contributed by atoms with Gasteiger partial charge in [0.05, 0.1) is 15.3 Å². The highest BCUT2D eigenvalue weighted by atomic mass is 35.5. The van der Waals surface area contributed by atoms with Gasteiger partial charge in [0.15, 0.2) is 17.4 Å². The summed E-state index contributed by atoms with van der Waals surface area (Å²) in [5.74, 6) is -2.39. The van der Waals surface area contributed by atoms with Crippen LogP contribution in [0.3, 0.4) is 0 Å². The predicted octanol–water partition coefficient (Wildman–Crippen LogP) is 4.52. The zero-order valence-corrected chi connectivity index (χ0v) is 13.8. The summed E-state index contributed by atoms with van der Waals surface area (Å²) in [6, 6.07) is 6.23. The number of halogens is 3. The first-order valence-corrected chi connectivity index (χ1v) is 8.09. The van der Waals surface area contributed by atoms with E-state index in [2.05, 4.69) is 5.32 Å². The van der Waals surface area contributed by atoms with Crippen molar-refractivity contribution >= 4 is 34.6 Å². The number of Topliss-reactive ketones (excluding diaryl/α,β-unsaturated/α-hetero) is 1. The second-order valence-electron chi connectivity index (χ2n) is 4.99. The third-order valence-electron chi connectivity index (χ3n) is 3.25. The number of ketones is 1. The number of rotatable bonds is 6. The van der Waals surface area contributed by atoms with Gasteiger partial charge in [0.25, 0.3) is 0 Å². The molecule has 0 spiro atoms. The second kappa shape index (κ2) is 7.66. The van der Waals surface area contributed by atoms with E-state index in [9.17, 15) is 18.4 Å². The van der Waals surface area contributed by atoms with E-state index in [1.54, 1.807) is 19.1 Å². The van der Waals surface area contributed by atoms with Crippen LogP contribution in [0.25, 0.3) is 0 Å². The Labute approximate surface area is 141 Å². The van der Waals surface area contributed by atoms with E-state index in [4.69, 9.17) is 11.6 Å². The van der Waals surface area contributed by atoms with E-state index >= 15 is 0 Å². The number of thiophene rings is 1. The lowest BCUT2D eigenvalue weighted by Crippen LogP contribution is -2.27.